The first-order chi connectivity index (χ1) is 11.4. The molecule has 0 spiro atoms. The smallest absolute Gasteiger partial charge is 0.275 e. The van der Waals surface area contributed by atoms with Gasteiger partial charge in [0, 0.05) is 18.3 Å². The Kier molecular flexibility index (Phi) is 5.81. The summed E-state index contributed by atoms with van der Waals surface area (Å²) in [5.41, 5.74) is 7.27. The van der Waals surface area contributed by atoms with Gasteiger partial charge in [0.05, 0.1) is 5.25 Å². The molecule has 1 aromatic carbocycles. The van der Waals surface area contributed by atoms with Crippen LogP contribution in [0.25, 0.3) is 0 Å². The lowest BCUT2D eigenvalue weighted by molar-refractivity contribution is -0.115. The van der Waals surface area contributed by atoms with Crippen molar-refractivity contribution in [2.45, 2.75) is 30.8 Å². The summed E-state index contributed by atoms with van der Waals surface area (Å²) in [7, 11) is 0. The normalized spacial score (nSPS) is 11.8. The minimum Gasteiger partial charge on any atom is -0.385 e. The van der Waals surface area contributed by atoms with Gasteiger partial charge in [0.1, 0.15) is 5.82 Å². The lowest BCUT2D eigenvalue weighted by atomic mass is 10.2. The van der Waals surface area contributed by atoms with Gasteiger partial charge in [-0.25, -0.2) is 0 Å². The Morgan fingerprint density at radius 3 is 2.75 bits per heavy atom. The van der Waals surface area contributed by atoms with Crippen molar-refractivity contribution in [3.63, 3.8) is 0 Å². The van der Waals surface area contributed by atoms with Gasteiger partial charge < -0.3 is 15.6 Å². The summed E-state index contributed by atoms with van der Waals surface area (Å²) in [5.74, 6) is 0.120. The predicted molar refractivity (Wildman–Crippen MR) is 98.2 cm³/mol. The quantitative estimate of drug-likeness (QED) is 0.477. The van der Waals surface area contributed by atoms with Gasteiger partial charge in [0.25, 0.3) is 5.56 Å². The van der Waals surface area contributed by atoms with E-state index >= 15 is 0 Å². The van der Waals surface area contributed by atoms with Gasteiger partial charge in [0.2, 0.25) is 5.91 Å². The molecule has 24 heavy (non-hydrogen) atoms. The maximum Gasteiger partial charge on any atom is 0.275 e. The SMILES string of the molecule is C=CCn1c(N)cc(=O)nc1S[C@@H](C)C(=O)Nc1ccc(C)cc1. The lowest BCUT2D eigenvalue weighted by Gasteiger charge is -2.16. The van der Waals surface area contributed by atoms with Crippen LogP contribution in [0.2, 0.25) is 0 Å². The van der Waals surface area contributed by atoms with Gasteiger partial charge in [-0.2, -0.15) is 4.98 Å². The van der Waals surface area contributed by atoms with Crippen molar-refractivity contribution >= 4 is 29.2 Å². The van der Waals surface area contributed by atoms with Crippen LogP contribution in [-0.2, 0) is 11.3 Å². The van der Waals surface area contributed by atoms with E-state index in [-0.39, 0.29) is 5.91 Å². The highest BCUT2D eigenvalue weighted by molar-refractivity contribution is 8.00. The summed E-state index contributed by atoms with van der Waals surface area (Å²) >= 11 is 1.18. The molecular weight excluding hydrogens is 324 g/mol. The highest BCUT2D eigenvalue weighted by Gasteiger charge is 2.18. The summed E-state index contributed by atoms with van der Waals surface area (Å²) in [6, 6.07) is 8.79. The molecule has 3 N–H and O–H groups in total. The van der Waals surface area contributed by atoms with Crippen LogP contribution in [0.3, 0.4) is 0 Å². The van der Waals surface area contributed by atoms with Crippen LogP contribution in [-0.4, -0.2) is 20.7 Å². The number of amides is 1. The second-order valence-corrected chi connectivity index (χ2v) is 6.62. The number of hydrogen-bond acceptors (Lipinski definition) is 5. The van der Waals surface area contributed by atoms with Gasteiger partial charge in [0.15, 0.2) is 5.16 Å². The van der Waals surface area contributed by atoms with Crippen molar-refractivity contribution in [1.82, 2.24) is 9.55 Å². The maximum atomic E-state index is 12.3. The number of nitrogen functional groups attached to an aromatic ring is 1. The molecule has 0 saturated carbocycles. The Morgan fingerprint density at radius 2 is 2.12 bits per heavy atom. The Hall–Kier alpha value is -2.54. The zero-order chi connectivity index (χ0) is 17.7. The average molecular weight is 344 g/mol. The van der Waals surface area contributed by atoms with Crippen molar-refractivity contribution in [3.05, 3.63) is 58.9 Å². The number of anilines is 2. The molecule has 0 saturated heterocycles. The van der Waals surface area contributed by atoms with Crippen molar-refractivity contribution in [3.8, 4) is 0 Å². The summed E-state index contributed by atoms with van der Waals surface area (Å²) in [4.78, 5) is 27.9. The van der Waals surface area contributed by atoms with Crippen LogP contribution >= 0.6 is 11.8 Å². The van der Waals surface area contributed by atoms with E-state index in [4.69, 9.17) is 5.73 Å². The third-order valence-corrected chi connectivity index (χ3v) is 4.39. The molecule has 7 heteroatoms. The second kappa shape index (κ2) is 7.83. The molecule has 0 fully saturated rings. The van der Waals surface area contributed by atoms with Crippen LogP contribution in [0.15, 0.2) is 52.9 Å². The van der Waals surface area contributed by atoms with E-state index in [1.165, 1.54) is 17.8 Å². The molecule has 2 aromatic rings. The number of aryl methyl sites for hydroxylation is 1. The zero-order valence-corrected chi connectivity index (χ0v) is 14.5. The van der Waals surface area contributed by atoms with Crippen LogP contribution in [0.1, 0.15) is 12.5 Å². The van der Waals surface area contributed by atoms with Gasteiger partial charge in [-0.3, -0.25) is 9.59 Å². The van der Waals surface area contributed by atoms with Crippen LogP contribution in [0, 0.1) is 6.92 Å². The number of aromatic nitrogens is 2. The van der Waals surface area contributed by atoms with Gasteiger partial charge in [-0.1, -0.05) is 35.5 Å². The van der Waals surface area contributed by atoms with Crippen LogP contribution in [0.5, 0.6) is 0 Å². The molecule has 1 aromatic heterocycles. The first-order valence-electron chi connectivity index (χ1n) is 7.43. The maximum absolute atomic E-state index is 12.3. The third kappa shape index (κ3) is 4.48. The Morgan fingerprint density at radius 1 is 1.46 bits per heavy atom. The number of nitrogens with one attached hydrogen (secondary N) is 1. The van der Waals surface area contributed by atoms with E-state index in [2.05, 4.69) is 16.9 Å². The number of thioether (sulfide) groups is 1. The summed E-state index contributed by atoms with van der Waals surface area (Å²) in [6.45, 7) is 7.81. The molecule has 0 radical (unpaired) electrons. The number of allylic oxidation sites excluding steroid dienone is 1. The molecule has 126 valence electrons. The largest absolute Gasteiger partial charge is 0.385 e. The summed E-state index contributed by atoms with van der Waals surface area (Å²) in [6.07, 6.45) is 1.66. The number of carbonyl (C=O) groups is 1. The minimum absolute atomic E-state index is 0.175. The van der Waals surface area contributed by atoms with E-state index < -0.39 is 10.8 Å². The van der Waals surface area contributed by atoms with E-state index in [0.717, 1.165) is 11.3 Å². The van der Waals surface area contributed by atoms with Gasteiger partial charge in [-0.15, -0.1) is 6.58 Å². The average Bonchev–Trinajstić information content (AvgIpc) is 2.52. The number of rotatable bonds is 6. The highest BCUT2D eigenvalue weighted by Crippen LogP contribution is 2.23. The Bertz CT molecular complexity index is 799. The minimum atomic E-state index is -0.448. The van der Waals surface area contributed by atoms with Crippen molar-refractivity contribution in [2.24, 2.45) is 0 Å². The molecule has 1 amide bonds. The number of nitrogens with two attached hydrogens (primary N) is 1. The third-order valence-electron chi connectivity index (χ3n) is 3.30. The molecule has 0 bridgehead atoms. The van der Waals surface area contributed by atoms with Crippen molar-refractivity contribution in [2.75, 3.05) is 11.1 Å². The fraction of sp³-hybridized carbons (Fsp3) is 0.235. The Labute approximate surface area is 144 Å². The molecule has 1 atom stereocenters. The van der Waals surface area contributed by atoms with Crippen LogP contribution < -0.4 is 16.6 Å². The van der Waals surface area contributed by atoms with E-state index in [1.807, 2.05) is 31.2 Å². The zero-order valence-electron chi connectivity index (χ0n) is 13.7. The standard InChI is InChI=1S/C17H20N4O2S/c1-4-9-21-14(18)10-15(22)20-17(21)24-12(3)16(23)19-13-7-5-11(2)6-8-13/h4-8,10,12H,1,9,18H2,2-3H3,(H,19,23)/t12-/m0/s1. The second-order valence-electron chi connectivity index (χ2n) is 5.32. The molecule has 1 heterocycles. The van der Waals surface area contributed by atoms with Gasteiger partial charge >= 0.3 is 0 Å². The highest BCUT2D eigenvalue weighted by atomic mass is 32.2. The molecule has 6 nitrogen and oxygen atoms in total. The number of nitrogens with zero attached hydrogens (tertiary/aromatic N) is 2. The molecule has 0 aliphatic heterocycles. The number of hydrogen-bond donors (Lipinski definition) is 2. The number of carbonyl (C=O) groups excluding carboxylic acids is 1. The summed E-state index contributed by atoms with van der Waals surface area (Å²) < 4.78 is 1.65. The summed E-state index contributed by atoms with van der Waals surface area (Å²) in [5, 5.41) is 2.79. The van der Waals surface area contributed by atoms with Crippen molar-refractivity contribution in [1.29, 1.82) is 0 Å². The predicted octanol–water partition coefficient (Wildman–Crippen LogP) is 2.44. The van der Waals surface area contributed by atoms with Crippen LogP contribution in [0.4, 0.5) is 11.5 Å². The van der Waals surface area contributed by atoms with E-state index in [0.29, 0.717) is 17.5 Å². The Balaban J connectivity index is 2.15. The first kappa shape index (κ1) is 17.8. The molecule has 0 unspecified atom stereocenters. The lowest BCUT2D eigenvalue weighted by Crippen LogP contribution is -2.25. The van der Waals surface area contributed by atoms with Crippen molar-refractivity contribution < 1.29 is 4.79 Å². The van der Waals surface area contributed by atoms with E-state index in [9.17, 15) is 9.59 Å². The molecular formula is C17H20N4O2S. The van der Waals surface area contributed by atoms with Gasteiger partial charge in [-0.05, 0) is 26.0 Å². The molecule has 0 aliphatic carbocycles. The molecule has 0 aliphatic rings. The van der Waals surface area contributed by atoms with E-state index in [1.54, 1.807) is 17.6 Å². The fourth-order valence-corrected chi connectivity index (χ4v) is 2.93. The molecule has 2 rings (SSSR count). The fourth-order valence-electron chi connectivity index (χ4n) is 2.00. The monoisotopic (exact) mass is 344 g/mol. The first-order valence-corrected chi connectivity index (χ1v) is 8.31. The number of benzene rings is 1. The topological polar surface area (TPSA) is 90.0 Å².